The molecule has 0 aliphatic heterocycles. The van der Waals surface area contributed by atoms with E-state index in [0.717, 1.165) is 27.1 Å². The van der Waals surface area contributed by atoms with Crippen molar-refractivity contribution < 1.29 is 4.74 Å². The smallest absolute Gasteiger partial charge is 0.283 e. The lowest BCUT2D eigenvalue weighted by Gasteiger charge is -2.05. The number of methoxy groups -OCH3 is 1. The first-order chi connectivity index (χ1) is 16.1. The topological polar surface area (TPSA) is 85.2 Å². The monoisotopic (exact) mass is 455 g/mol. The summed E-state index contributed by atoms with van der Waals surface area (Å²) in [4.78, 5) is 27.1. The van der Waals surface area contributed by atoms with E-state index in [2.05, 4.69) is 15.1 Å². The van der Waals surface area contributed by atoms with Crippen molar-refractivity contribution in [3.63, 3.8) is 0 Å². The van der Waals surface area contributed by atoms with Crippen molar-refractivity contribution in [2.24, 2.45) is 4.99 Å². The molecule has 2 aromatic carbocycles. The molecule has 3 heterocycles. The number of pyridine rings is 1. The largest absolute Gasteiger partial charge is 0.497 e. The lowest BCUT2D eigenvalue weighted by molar-refractivity contribution is 0.415. The zero-order valence-electron chi connectivity index (χ0n) is 18.1. The zero-order valence-corrected chi connectivity index (χ0v) is 19.0. The lowest BCUT2D eigenvalue weighted by Crippen LogP contribution is -2.19. The van der Waals surface area contributed by atoms with Gasteiger partial charge in [0.15, 0.2) is 0 Å². The van der Waals surface area contributed by atoms with Gasteiger partial charge in [-0.2, -0.15) is 4.68 Å². The van der Waals surface area contributed by atoms with Gasteiger partial charge >= 0.3 is 0 Å². The van der Waals surface area contributed by atoms with Crippen LogP contribution < -0.4 is 10.3 Å². The Kier molecular flexibility index (Phi) is 5.58. The maximum absolute atomic E-state index is 13.6. The number of para-hydroxylation sites is 1. The molecule has 0 aliphatic carbocycles. The van der Waals surface area contributed by atoms with Gasteiger partial charge in [0.05, 0.1) is 35.1 Å². The number of aliphatic imine (C=N–C) groups is 1. The van der Waals surface area contributed by atoms with Gasteiger partial charge in [-0.25, -0.2) is 4.98 Å². The van der Waals surface area contributed by atoms with Crippen molar-refractivity contribution in [3.05, 3.63) is 94.5 Å². The number of ether oxygens (including phenoxy) is 1. The second-order valence-electron chi connectivity index (χ2n) is 7.46. The van der Waals surface area contributed by atoms with Crippen LogP contribution in [0.5, 0.6) is 5.75 Å². The number of nitrogens with zero attached hydrogens (tertiary/aromatic N) is 4. The predicted molar refractivity (Wildman–Crippen MR) is 132 cm³/mol. The second-order valence-corrected chi connectivity index (χ2v) is 8.47. The summed E-state index contributed by atoms with van der Waals surface area (Å²) >= 11 is 1.46. The van der Waals surface area contributed by atoms with Gasteiger partial charge in [-0.3, -0.25) is 19.9 Å². The molecule has 33 heavy (non-hydrogen) atoms. The molecule has 1 N–H and O–H groups in total. The van der Waals surface area contributed by atoms with Gasteiger partial charge in [-0.15, -0.1) is 0 Å². The number of benzene rings is 2. The first kappa shape index (κ1) is 20.8. The van der Waals surface area contributed by atoms with Crippen LogP contribution in [0.3, 0.4) is 0 Å². The summed E-state index contributed by atoms with van der Waals surface area (Å²) in [6, 6.07) is 19.3. The van der Waals surface area contributed by atoms with Crippen molar-refractivity contribution in [1.29, 1.82) is 0 Å². The normalized spacial score (nSPS) is 11.8. The Hall–Kier alpha value is -4.04. The third kappa shape index (κ3) is 4.08. The molecule has 0 aliphatic rings. The number of nitrogens with one attached hydrogen (secondary N) is 1. The van der Waals surface area contributed by atoms with E-state index < -0.39 is 0 Å². The van der Waals surface area contributed by atoms with Gasteiger partial charge in [-0.05, 0) is 55.0 Å². The number of H-pyrrole nitrogens is 1. The van der Waals surface area contributed by atoms with Gasteiger partial charge in [0, 0.05) is 23.7 Å². The lowest BCUT2D eigenvalue weighted by atomic mass is 10.0. The fourth-order valence-corrected chi connectivity index (χ4v) is 4.54. The molecule has 0 radical (unpaired) electrons. The standard InChI is InChI=1S/C25H21N5O2S/c1-16(27-15-17-6-5-13-26-14-17)22-23(18-9-11-19(32-2)12-10-18)29-30(24(22)31)25-28-20-7-3-4-8-21(20)33-25/h3-14,29H,15H2,1-2H3. The molecule has 0 saturated heterocycles. The summed E-state index contributed by atoms with van der Waals surface area (Å²) in [5, 5.41) is 3.86. The average Bonchev–Trinajstić information content (AvgIpc) is 3.44. The number of aromatic nitrogens is 4. The molecule has 7 nitrogen and oxygen atoms in total. The highest BCUT2D eigenvalue weighted by Gasteiger charge is 2.21. The Morgan fingerprint density at radius 2 is 1.94 bits per heavy atom. The van der Waals surface area contributed by atoms with Crippen molar-refractivity contribution >= 4 is 27.3 Å². The molecule has 5 aromatic rings. The summed E-state index contributed by atoms with van der Waals surface area (Å²) in [6.45, 7) is 2.30. The third-order valence-corrected chi connectivity index (χ3v) is 6.35. The molecule has 3 aromatic heterocycles. The fraction of sp³-hybridized carbons (Fsp3) is 0.120. The number of thiazole rings is 1. The Balaban J connectivity index is 1.64. The Morgan fingerprint density at radius 3 is 2.67 bits per heavy atom. The van der Waals surface area contributed by atoms with Gasteiger partial charge in [-0.1, -0.05) is 29.5 Å². The van der Waals surface area contributed by atoms with Crippen LogP contribution in [0.15, 0.2) is 82.8 Å². The minimum absolute atomic E-state index is 0.188. The van der Waals surface area contributed by atoms with Crippen LogP contribution in [-0.4, -0.2) is 32.6 Å². The number of aromatic amines is 1. The molecule has 164 valence electrons. The van der Waals surface area contributed by atoms with Crippen molar-refractivity contribution in [2.45, 2.75) is 13.5 Å². The van der Waals surface area contributed by atoms with Gasteiger partial charge < -0.3 is 4.74 Å². The van der Waals surface area contributed by atoms with Crippen LogP contribution in [0.25, 0.3) is 26.6 Å². The molecule has 8 heteroatoms. The average molecular weight is 456 g/mol. The molecule has 0 unspecified atom stereocenters. The summed E-state index contributed by atoms with van der Waals surface area (Å²) in [7, 11) is 1.63. The molecule has 0 spiro atoms. The van der Waals surface area contributed by atoms with E-state index in [1.807, 2.05) is 67.6 Å². The van der Waals surface area contributed by atoms with E-state index in [-0.39, 0.29) is 5.56 Å². The molecule has 0 amide bonds. The van der Waals surface area contributed by atoms with Crippen LogP contribution in [0.1, 0.15) is 18.1 Å². The first-order valence-electron chi connectivity index (χ1n) is 10.4. The van der Waals surface area contributed by atoms with Crippen LogP contribution in [0.4, 0.5) is 0 Å². The molecule has 0 fully saturated rings. The summed E-state index contributed by atoms with van der Waals surface area (Å²) in [5.41, 5.74) is 4.35. The number of hydrogen-bond donors (Lipinski definition) is 1. The Morgan fingerprint density at radius 1 is 1.12 bits per heavy atom. The highest BCUT2D eigenvalue weighted by Crippen LogP contribution is 2.27. The summed E-state index contributed by atoms with van der Waals surface area (Å²) in [5.74, 6) is 0.746. The van der Waals surface area contributed by atoms with Crippen LogP contribution >= 0.6 is 11.3 Å². The van der Waals surface area contributed by atoms with E-state index in [9.17, 15) is 4.79 Å². The molecule has 0 atom stereocenters. The zero-order chi connectivity index (χ0) is 22.8. The first-order valence-corrected chi connectivity index (χ1v) is 11.2. The quantitative estimate of drug-likeness (QED) is 0.371. The Bertz CT molecular complexity index is 1460. The minimum Gasteiger partial charge on any atom is -0.497 e. The SMILES string of the molecule is COc1ccc(-c2[nH]n(-c3nc4ccccc4s3)c(=O)c2C(C)=NCc2cccnc2)cc1. The van der Waals surface area contributed by atoms with Gasteiger partial charge in [0.2, 0.25) is 5.13 Å². The number of fused-ring (bicyclic) bond motifs is 1. The third-order valence-electron chi connectivity index (χ3n) is 5.33. The molecule has 5 rings (SSSR count). The van der Waals surface area contributed by atoms with E-state index in [0.29, 0.717) is 28.6 Å². The molecule has 0 bridgehead atoms. The molecule has 0 saturated carbocycles. The summed E-state index contributed by atoms with van der Waals surface area (Å²) in [6.07, 6.45) is 3.50. The highest BCUT2D eigenvalue weighted by molar-refractivity contribution is 7.20. The van der Waals surface area contributed by atoms with Gasteiger partial charge in [0.1, 0.15) is 5.75 Å². The van der Waals surface area contributed by atoms with Crippen molar-refractivity contribution in [1.82, 2.24) is 19.7 Å². The number of hydrogen-bond acceptors (Lipinski definition) is 6. The highest BCUT2D eigenvalue weighted by atomic mass is 32.1. The fourth-order valence-electron chi connectivity index (χ4n) is 3.61. The number of rotatable bonds is 6. The van der Waals surface area contributed by atoms with E-state index in [4.69, 9.17) is 9.73 Å². The maximum atomic E-state index is 13.6. The Labute approximate surface area is 194 Å². The predicted octanol–water partition coefficient (Wildman–Crippen LogP) is 4.86. The second kappa shape index (κ2) is 8.84. The van der Waals surface area contributed by atoms with Gasteiger partial charge in [0.25, 0.3) is 5.56 Å². The van der Waals surface area contributed by atoms with Crippen LogP contribution in [0, 0.1) is 0 Å². The van der Waals surface area contributed by atoms with Crippen molar-refractivity contribution in [2.75, 3.05) is 7.11 Å². The minimum atomic E-state index is -0.188. The maximum Gasteiger partial charge on any atom is 0.283 e. The summed E-state index contributed by atoms with van der Waals surface area (Å²) < 4.78 is 7.81. The van der Waals surface area contributed by atoms with Crippen LogP contribution in [0.2, 0.25) is 0 Å². The van der Waals surface area contributed by atoms with E-state index in [1.54, 1.807) is 19.5 Å². The van der Waals surface area contributed by atoms with E-state index >= 15 is 0 Å². The van der Waals surface area contributed by atoms with Crippen LogP contribution in [-0.2, 0) is 6.54 Å². The van der Waals surface area contributed by atoms with Crippen molar-refractivity contribution in [3.8, 4) is 22.1 Å². The molecular weight excluding hydrogens is 434 g/mol. The molecular formula is C25H21N5O2S. The van der Waals surface area contributed by atoms with E-state index in [1.165, 1.54) is 16.0 Å².